The smallest absolute Gasteiger partial charge is 0.254 e. The number of hydrogen-bond donors (Lipinski definition) is 0. The maximum atomic E-state index is 13.1. The van der Waals surface area contributed by atoms with Gasteiger partial charge in [-0.2, -0.15) is 0 Å². The van der Waals surface area contributed by atoms with Crippen LogP contribution in [0.4, 0.5) is 0 Å². The van der Waals surface area contributed by atoms with Crippen LogP contribution in [-0.4, -0.2) is 56.6 Å². The van der Waals surface area contributed by atoms with E-state index in [0.29, 0.717) is 18.7 Å². The zero-order valence-electron chi connectivity index (χ0n) is 16.6. The average molecular weight is 399 g/mol. The van der Waals surface area contributed by atoms with Crippen LogP contribution in [0, 0.1) is 0 Å². The number of piperazine rings is 1. The molecule has 2 aliphatic rings. The van der Waals surface area contributed by atoms with Crippen molar-refractivity contribution in [3.05, 3.63) is 65.2 Å². The number of hydrogen-bond acceptors (Lipinski definition) is 4. The molecule has 0 aromatic heterocycles. The van der Waals surface area contributed by atoms with Gasteiger partial charge in [0.05, 0.1) is 10.9 Å². The van der Waals surface area contributed by atoms with Crippen molar-refractivity contribution in [3.8, 4) is 0 Å². The van der Waals surface area contributed by atoms with Gasteiger partial charge in [-0.1, -0.05) is 44.2 Å². The molecule has 1 fully saturated rings. The summed E-state index contributed by atoms with van der Waals surface area (Å²) >= 11 is 0. The van der Waals surface area contributed by atoms with Gasteiger partial charge in [0.25, 0.3) is 5.91 Å². The van der Waals surface area contributed by atoms with Gasteiger partial charge in [0.15, 0.2) is 9.84 Å². The monoisotopic (exact) mass is 398 g/mol. The fourth-order valence-electron chi connectivity index (χ4n) is 4.53. The van der Waals surface area contributed by atoms with E-state index in [-0.39, 0.29) is 22.3 Å². The Morgan fingerprint density at radius 3 is 2.57 bits per heavy atom. The second-order valence-electron chi connectivity index (χ2n) is 8.51. The molecule has 0 N–H and O–H groups in total. The van der Waals surface area contributed by atoms with Gasteiger partial charge in [-0.05, 0) is 29.3 Å². The standard InChI is InChI=1S/C22H26N2O3S/c1-22(2)15-24-12-11-23(14-20(24)18-9-4-5-10-19(18)22)21(25)16-7-6-8-17(13-16)28(3,26)27/h4-10,13,20H,11-12,14-15H2,1-3H3. The van der Waals surface area contributed by atoms with Gasteiger partial charge in [0.2, 0.25) is 0 Å². The number of sulfone groups is 1. The van der Waals surface area contributed by atoms with Crippen LogP contribution in [0.5, 0.6) is 0 Å². The van der Waals surface area contributed by atoms with Crippen LogP contribution in [0.3, 0.4) is 0 Å². The Morgan fingerprint density at radius 1 is 1.07 bits per heavy atom. The van der Waals surface area contributed by atoms with Crippen LogP contribution in [0.2, 0.25) is 0 Å². The van der Waals surface area contributed by atoms with Gasteiger partial charge in [-0.3, -0.25) is 9.69 Å². The molecule has 2 heterocycles. The summed E-state index contributed by atoms with van der Waals surface area (Å²) in [5, 5.41) is 0. The minimum atomic E-state index is -3.34. The SMILES string of the molecule is CC1(C)CN2CCN(C(=O)c3cccc(S(C)(=O)=O)c3)CC2c2ccccc21. The summed E-state index contributed by atoms with van der Waals surface area (Å²) < 4.78 is 23.7. The molecule has 1 amide bonds. The number of benzene rings is 2. The first kappa shape index (κ1) is 19.2. The van der Waals surface area contributed by atoms with Crippen molar-refractivity contribution in [3.63, 3.8) is 0 Å². The third kappa shape index (κ3) is 3.35. The van der Waals surface area contributed by atoms with Gasteiger partial charge >= 0.3 is 0 Å². The Bertz CT molecular complexity index is 1030. The molecule has 6 heteroatoms. The number of amides is 1. The lowest BCUT2D eigenvalue weighted by Gasteiger charge is -2.50. The molecular formula is C22H26N2O3S. The van der Waals surface area contributed by atoms with Crippen molar-refractivity contribution in [1.82, 2.24) is 9.80 Å². The normalized spacial score (nSPS) is 21.7. The number of carbonyl (C=O) groups is 1. The first-order valence-corrected chi connectivity index (χ1v) is 11.5. The largest absolute Gasteiger partial charge is 0.335 e. The van der Waals surface area contributed by atoms with Crippen molar-refractivity contribution >= 4 is 15.7 Å². The van der Waals surface area contributed by atoms with Gasteiger partial charge in [-0.25, -0.2) is 8.42 Å². The van der Waals surface area contributed by atoms with Gasteiger partial charge in [-0.15, -0.1) is 0 Å². The predicted octanol–water partition coefficient (Wildman–Crippen LogP) is 2.88. The van der Waals surface area contributed by atoms with E-state index in [1.807, 2.05) is 4.90 Å². The summed E-state index contributed by atoms with van der Waals surface area (Å²) in [6, 6.07) is 15.0. The summed E-state index contributed by atoms with van der Waals surface area (Å²) in [5.41, 5.74) is 3.16. The van der Waals surface area contributed by atoms with Crippen LogP contribution in [0.15, 0.2) is 53.4 Å². The average Bonchev–Trinajstić information content (AvgIpc) is 2.66. The molecule has 0 spiro atoms. The maximum absolute atomic E-state index is 13.1. The van der Waals surface area contributed by atoms with E-state index < -0.39 is 9.84 Å². The van der Waals surface area contributed by atoms with Crippen LogP contribution < -0.4 is 0 Å². The maximum Gasteiger partial charge on any atom is 0.254 e. The Labute approximate surface area is 166 Å². The van der Waals surface area contributed by atoms with E-state index in [2.05, 4.69) is 43.0 Å². The molecule has 4 rings (SSSR count). The minimum absolute atomic E-state index is 0.0864. The summed E-state index contributed by atoms with van der Waals surface area (Å²) in [5.74, 6) is -0.104. The lowest BCUT2D eigenvalue weighted by molar-refractivity contribution is 0.0359. The second kappa shape index (κ2) is 6.71. The molecule has 2 aliphatic heterocycles. The highest BCUT2D eigenvalue weighted by Crippen LogP contribution is 2.41. The summed E-state index contributed by atoms with van der Waals surface area (Å²) in [6.45, 7) is 7.61. The lowest BCUT2D eigenvalue weighted by Crippen LogP contribution is -2.55. The molecule has 2 aromatic rings. The van der Waals surface area contributed by atoms with Crippen LogP contribution >= 0.6 is 0 Å². The van der Waals surface area contributed by atoms with Gasteiger partial charge < -0.3 is 4.90 Å². The molecular weight excluding hydrogens is 372 g/mol. The molecule has 1 saturated heterocycles. The van der Waals surface area contributed by atoms with Crippen molar-refractivity contribution in [1.29, 1.82) is 0 Å². The lowest BCUT2D eigenvalue weighted by atomic mass is 9.75. The first-order chi connectivity index (χ1) is 13.2. The highest BCUT2D eigenvalue weighted by atomic mass is 32.2. The summed E-state index contributed by atoms with van der Waals surface area (Å²) in [6.07, 6.45) is 1.16. The summed E-state index contributed by atoms with van der Waals surface area (Å²) in [7, 11) is -3.34. The second-order valence-corrected chi connectivity index (χ2v) is 10.5. The molecule has 1 unspecified atom stereocenters. The Balaban J connectivity index is 1.63. The van der Waals surface area contributed by atoms with Crippen molar-refractivity contribution < 1.29 is 13.2 Å². The highest BCUT2D eigenvalue weighted by molar-refractivity contribution is 7.90. The molecule has 2 aromatic carbocycles. The number of nitrogens with zero attached hydrogens (tertiary/aromatic N) is 2. The molecule has 1 atom stereocenters. The van der Waals surface area contributed by atoms with Crippen LogP contribution in [0.25, 0.3) is 0 Å². The van der Waals surface area contributed by atoms with E-state index in [4.69, 9.17) is 0 Å². The first-order valence-electron chi connectivity index (χ1n) is 9.60. The Morgan fingerprint density at radius 2 is 1.82 bits per heavy atom. The minimum Gasteiger partial charge on any atom is -0.335 e. The molecule has 28 heavy (non-hydrogen) atoms. The molecule has 148 valence electrons. The fourth-order valence-corrected chi connectivity index (χ4v) is 5.20. The zero-order chi connectivity index (χ0) is 20.1. The molecule has 0 radical (unpaired) electrons. The van der Waals surface area contributed by atoms with E-state index in [9.17, 15) is 13.2 Å². The van der Waals surface area contributed by atoms with Crippen molar-refractivity contribution in [2.45, 2.75) is 30.2 Å². The number of fused-ring (bicyclic) bond motifs is 3. The Kier molecular flexibility index (Phi) is 4.59. The van der Waals surface area contributed by atoms with Crippen molar-refractivity contribution in [2.24, 2.45) is 0 Å². The van der Waals surface area contributed by atoms with Crippen LogP contribution in [0.1, 0.15) is 41.4 Å². The zero-order valence-corrected chi connectivity index (χ0v) is 17.4. The Hall–Kier alpha value is -2.18. The van der Waals surface area contributed by atoms with Crippen molar-refractivity contribution in [2.75, 3.05) is 32.4 Å². The fraction of sp³-hybridized carbons (Fsp3) is 0.409. The predicted molar refractivity (Wildman–Crippen MR) is 109 cm³/mol. The number of carbonyl (C=O) groups excluding carboxylic acids is 1. The highest BCUT2D eigenvalue weighted by Gasteiger charge is 2.41. The molecule has 0 bridgehead atoms. The quantitative estimate of drug-likeness (QED) is 0.781. The molecule has 0 saturated carbocycles. The topological polar surface area (TPSA) is 57.7 Å². The van der Waals surface area contributed by atoms with E-state index in [0.717, 1.165) is 19.3 Å². The van der Waals surface area contributed by atoms with E-state index >= 15 is 0 Å². The number of rotatable bonds is 2. The molecule has 5 nitrogen and oxygen atoms in total. The van der Waals surface area contributed by atoms with Gasteiger partial charge in [0.1, 0.15) is 0 Å². The van der Waals surface area contributed by atoms with E-state index in [1.165, 1.54) is 23.3 Å². The third-order valence-electron chi connectivity index (χ3n) is 5.93. The molecule has 0 aliphatic carbocycles. The van der Waals surface area contributed by atoms with Gasteiger partial charge in [0, 0.05) is 43.4 Å². The summed E-state index contributed by atoms with van der Waals surface area (Å²) in [4.78, 5) is 17.6. The third-order valence-corrected chi connectivity index (χ3v) is 7.05. The van der Waals surface area contributed by atoms with E-state index in [1.54, 1.807) is 12.1 Å². The van der Waals surface area contributed by atoms with Crippen LogP contribution in [-0.2, 0) is 15.3 Å².